The van der Waals surface area contributed by atoms with Gasteiger partial charge in [-0.05, 0) is 26.2 Å². The Morgan fingerprint density at radius 3 is 1.06 bits per heavy atom. The summed E-state index contributed by atoms with van der Waals surface area (Å²) < 4.78 is 97.1. The molecule has 8 heterocycles. The van der Waals surface area contributed by atoms with Gasteiger partial charge < -0.3 is 209 Å². The Balaban J connectivity index is 0.985. The number of aliphatic hydroxyl groups is 22. The fraction of sp³-hybridized carbons (Fsp3) is 0.932. The maximum Gasteiger partial charge on any atom is 0.220 e. The first kappa shape index (κ1) is 115. The average Bonchev–Trinajstić information content (AvgIpc) is 0.808. The number of hydrogen-bond donors (Lipinski definition) is 26. The minimum atomic E-state index is -2.45. The van der Waals surface area contributed by atoms with Gasteiger partial charge in [-0.1, -0.05) is 167 Å². The van der Waals surface area contributed by atoms with Crippen molar-refractivity contribution in [2.75, 3.05) is 52.9 Å². The van der Waals surface area contributed by atoms with Gasteiger partial charge in [0.1, 0.15) is 189 Å². The Morgan fingerprint density at radius 1 is 0.306 bits per heavy atom. The molecule has 16 unspecified atom stereocenters. The molecule has 0 saturated carbocycles. The zero-order valence-electron chi connectivity index (χ0n) is 77.4. The normalized spacial score (nSPS) is 39.9. The van der Waals surface area contributed by atoms with Gasteiger partial charge in [0.25, 0.3) is 0 Å². The molecule has 0 aromatic carbocycles. The van der Waals surface area contributed by atoms with Crippen molar-refractivity contribution in [2.45, 2.75) is 466 Å². The summed E-state index contributed by atoms with van der Waals surface area (Å²) in [4.78, 5) is 53.1. The predicted molar refractivity (Wildman–Crippen MR) is 460 cm³/mol. The molecule has 4 amide bonds. The van der Waals surface area contributed by atoms with E-state index in [9.17, 15) is 132 Å². The highest BCUT2D eigenvalue weighted by molar-refractivity contribution is 5.76. The standard InChI is InChI=1S/C88H156N4O42/c1-7-9-11-13-15-17-19-21-23-25-27-29-31-33-48(103)47(92-56(104)34-32-30-28-26-24-22-20-18-16-14-12-10-8-2)42-119-84-71(116)69(114)74(55(41-99)127-84)128-86-72(117)77(64(109)52(38-96)124-86)131-82-58(90-45(5)101)75(62(107)50(36-94)122-82)129-87-73(118)78(65(110)53(39-97)125-87)132-83-59(91-46(6)102)76(63(108)51(37-95)123-83)130-88-80(134-85-70(115)68(113)60(105)43(3)120-85)79(66(111)54(40-98)126-88)133-81-57(89-44(4)100)67(112)61(106)49(35-93)121-81/h31,33,43,47-55,57-88,93-99,103,105-118H,7-30,32,34-42H2,1-6H3,(H,89,100)(H,90,101)(H,91,102)(H,92,104)/b33-31+/t43?,47-,48+,49?,50?,51?,52?,53?,54?,55?,57?,58?,59?,60+,61-,62+,63+,64-,65-,66-,67+,68?,69+,70-,71?,72?,73?,74+,75+,76+,77-,78-,79-,80?,81+,82-,83-,84+,85+,86-,87-,88-/m0/s1. The van der Waals surface area contributed by atoms with Crippen LogP contribution in [0.1, 0.15) is 208 Å². The molecule has 8 rings (SSSR count). The molecule has 780 valence electrons. The van der Waals surface area contributed by atoms with Crippen molar-refractivity contribution < 1.29 is 207 Å². The van der Waals surface area contributed by atoms with Crippen molar-refractivity contribution in [3.05, 3.63) is 12.2 Å². The van der Waals surface area contributed by atoms with E-state index in [1.807, 2.05) is 6.08 Å². The second kappa shape index (κ2) is 58.6. The van der Waals surface area contributed by atoms with E-state index in [2.05, 4.69) is 35.1 Å². The van der Waals surface area contributed by atoms with E-state index in [4.69, 9.17) is 75.8 Å². The van der Waals surface area contributed by atoms with Crippen LogP contribution in [-0.4, -0.2) is 446 Å². The summed E-state index contributed by atoms with van der Waals surface area (Å²) >= 11 is 0. The summed E-state index contributed by atoms with van der Waals surface area (Å²) in [5, 5.41) is 261. The van der Waals surface area contributed by atoms with E-state index >= 15 is 0 Å². The van der Waals surface area contributed by atoms with Crippen molar-refractivity contribution in [3.8, 4) is 0 Å². The van der Waals surface area contributed by atoms with Crippen LogP contribution in [0.5, 0.6) is 0 Å². The quantitative estimate of drug-likeness (QED) is 0.0199. The van der Waals surface area contributed by atoms with E-state index in [1.165, 1.54) is 96.8 Å². The number of nitrogens with one attached hydrogen (secondary N) is 4. The Bertz CT molecular complexity index is 3340. The van der Waals surface area contributed by atoms with Crippen molar-refractivity contribution in [1.29, 1.82) is 0 Å². The first-order valence-corrected chi connectivity index (χ1v) is 47.8. The number of aliphatic hydroxyl groups excluding tert-OH is 22. The highest BCUT2D eigenvalue weighted by Gasteiger charge is 2.61. The van der Waals surface area contributed by atoms with Crippen LogP contribution >= 0.6 is 0 Å². The van der Waals surface area contributed by atoms with Gasteiger partial charge in [-0.3, -0.25) is 19.2 Å². The molecule has 0 aromatic rings. The molecular formula is C88H156N4O42. The Hall–Kier alpha value is -3.90. The molecule has 0 bridgehead atoms. The summed E-state index contributed by atoms with van der Waals surface area (Å²) in [6.45, 7) is 0.418. The molecule has 8 fully saturated rings. The zero-order chi connectivity index (χ0) is 98.2. The number of allylic oxidation sites excluding steroid dienone is 1. The van der Waals surface area contributed by atoms with Gasteiger partial charge in [0, 0.05) is 27.2 Å². The van der Waals surface area contributed by atoms with Crippen LogP contribution in [0.3, 0.4) is 0 Å². The van der Waals surface area contributed by atoms with Gasteiger partial charge in [-0.15, -0.1) is 0 Å². The molecule has 42 atom stereocenters. The van der Waals surface area contributed by atoms with Crippen LogP contribution in [0, 0.1) is 0 Å². The van der Waals surface area contributed by atoms with E-state index in [0.29, 0.717) is 12.8 Å². The second-order valence-electron chi connectivity index (χ2n) is 36.3. The van der Waals surface area contributed by atoms with E-state index in [-0.39, 0.29) is 12.3 Å². The maximum absolute atomic E-state index is 13.6. The summed E-state index contributed by atoms with van der Waals surface area (Å²) in [5.41, 5.74) is 0. The number of rotatable bonds is 56. The molecule has 8 saturated heterocycles. The number of unbranched alkanes of at least 4 members (excludes halogenated alkanes) is 23. The second-order valence-corrected chi connectivity index (χ2v) is 36.3. The van der Waals surface area contributed by atoms with Gasteiger partial charge in [-0.2, -0.15) is 0 Å². The van der Waals surface area contributed by atoms with Crippen molar-refractivity contribution in [2.24, 2.45) is 0 Å². The fourth-order valence-electron chi connectivity index (χ4n) is 18.0. The molecule has 0 radical (unpaired) electrons. The SMILES string of the molecule is CCCCCCCCCCCCC/C=C/[C@@H](O)[C@H](CO[C@@H]1OC(CO)[C@@H](O[C@@H]2OC(CO)[C@H](O)[C@H](O[C@@H]3OC(CO)[C@@H](O)[C@H](O[C@@H]4OC(CO)[C@H](O)[C@H](O[C@@H]5OC(CO)[C@@H](O)[C@H](O[C@@H]6OC(CO)[C@H](O)[C@H](O[C@H]7OC(CO)[C@H](O)[C@H](O)C7NC(C)=O)C6O[C@H]6OC(C)[C@@H](O)C(O)[C@@H]6O)C5NC(C)=O)C4O)C3NC(C)=O)C2O)[C@H](O)C1O)NC(=O)CCCCCCCCCCCCCCC. The lowest BCUT2D eigenvalue weighted by molar-refractivity contribution is -0.401. The number of hydrogen-bond acceptors (Lipinski definition) is 42. The summed E-state index contributed by atoms with van der Waals surface area (Å²) in [7, 11) is 0. The summed E-state index contributed by atoms with van der Waals surface area (Å²) in [6, 6.07) is -6.84. The lowest BCUT2D eigenvalue weighted by Crippen LogP contribution is -2.71. The van der Waals surface area contributed by atoms with E-state index in [1.54, 1.807) is 6.08 Å². The largest absolute Gasteiger partial charge is 0.394 e. The number of carbonyl (C=O) groups excluding carboxylic acids is 4. The third-order valence-corrected chi connectivity index (χ3v) is 25.8. The summed E-state index contributed by atoms with van der Waals surface area (Å²) in [5.74, 6) is -3.15. The molecule has 0 spiro atoms. The monoisotopic (exact) mass is 1940 g/mol. The molecule has 46 nitrogen and oxygen atoms in total. The molecule has 0 aromatic heterocycles. The molecule has 134 heavy (non-hydrogen) atoms. The highest BCUT2D eigenvalue weighted by Crippen LogP contribution is 2.41. The van der Waals surface area contributed by atoms with Crippen molar-refractivity contribution >= 4 is 23.6 Å². The minimum absolute atomic E-state index is 0.144. The zero-order valence-corrected chi connectivity index (χ0v) is 77.4. The molecule has 26 N–H and O–H groups in total. The molecule has 8 aliphatic heterocycles. The minimum Gasteiger partial charge on any atom is -0.394 e. The van der Waals surface area contributed by atoms with Gasteiger partial charge in [0.2, 0.25) is 23.6 Å². The van der Waals surface area contributed by atoms with Crippen LogP contribution in [0.25, 0.3) is 0 Å². The highest BCUT2D eigenvalue weighted by atomic mass is 16.8. The van der Waals surface area contributed by atoms with E-state index in [0.717, 1.165) is 78.6 Å². The smallest absolute Gasteiger partial charge is 0.220 e. The maximum atomic E-state index is 13.6. The molecule has 8 aliphatic rings. The van der Waals surface area contributed by atoms with Gasteiger partial charge in [0.15, 0.2) is 50.3 Å². The van der Waals surface area contributed by atoms with Gasteiger partial charge in [-0.25, -0.2) is 0 Å². The summed E-state index contributed by atoms with van der Waals surface area (Å²) in [6.07, 6.45) is -45.6. The fourth-order valence-corrected chi connectivity index (χ4v) is 18.0. The average molecular weight is 1940 g/mol. The van der Waals surface area contributed by atoms with Crippen LogP contribution in [0.2, 0.25) is 0 Å². The predicted octanol–water partition coefficient (Wildman–Crippen LogP) is -6.38. The topological polar surface area (TPSA) is 709 Å². The van der Waals surface area contributed by atoms with Crippen molar-refractivity contribution in [1.82, 2.24) is 21.3 Å². The first-order valence-electron chi connectivity index (χ1n) is 47.8. The van der Waals surface area contributed by atoms with Crippen LogP contribution in [0.4, 0.5) is 0 Å². The molecule has 46 heteroatoms. The molecular weight excluding hydrogens is 1780 g/mol. The lowest BCUT2D eigenvalue weighted by atomic mass is 9.93. The van der Waals surface area contributed by atoms with Gasteiger partial charge >= 0.3 is 0 Å². The molecule has 0 aliphatic carbocycles. The number of ether oxygens (including phenoxy) is 16. The number of amides is 4. The number of carbonyl (C=O) groups is 4. The van der Waals surface area contributed by atoms with Crippen LogP contribution < -0.4 is 21.3 Å². The van der Waals surface area contributed by atoms with Crippen molar-refractivity contribution in [3.63, 3.8) is 0 Å². The Labute approximate surface area is 780 Å². The lowest BCUT2D eigenvalue weighted by Gasteiger charge is -2.52. The van der Waals surface area contributed by atoms with E-state index < -0.39 is 328 Å². The first-order chi connectivity index (χ1) is 64.1. The van der Waals surface area contributed by atoms with Crippen LogP contribution in [-0.2, 0) is 95.0 Å². The van der Waals surface area contributed by atoms with Gasteiger partial charge in [0.05, 0.1) is 71.1 Å². The Morgan fingerprint density at radius 2 is 0.627 bits per heavy atom. The third-order valence-electron chi connectivity index (χ3n) is 25.8. The van der Waals surface area contributed by atoms with Crippen LogP contribution in [0.15, 0.2) is 12.2 Å². The Kier molecular flexibility index (Phi) is 50.5. The third kappa shape index (κ3) is 32.3.